The number of rotatable bonds is 10. The van der Waals surface area contributed by atoms with Crippen molar-refractivity contribution >= 4 is 18.0 Å². The second-order valence-electron chi connectivity index (χ2n) is 7.75. The topological polar surface area (TPSA) is 86.7 Å². The van der Waals surface area contributed by atoms with E-state index < -0.39 is 0 Å². The minimum atomic E-state index is -0.198. The van der Waals surface area contributed by atoms with Gasteiger partial charge < -0.3 is 5.32 Å². The Morgan fingerprint density at radius 2 is 1.87 bits per heavy atom. The van der Waals surface area contributed by atoms with Crippen molar-refractivity contribution in [3.8, 4) is 0 Å². The molecule has 2 aromatic rings. The number of benzene rings is 1. The number of hydrazone groups is 1. The van der Waals surface area contributed by atoms with Gasteiger partial charge in [0.25, 0.3) is 11.8 Å². The maximum atomic E-state index is 12.8. The van der Waals surface area contributed by atoms with Crippen molar-refractivity contribution in [2.45, 2.75) is 44.6 Å². The fourth-order valence-electron chi connectivity index (χ4n) is 3.76. The Kier molecular flexibility index (Phi) is 9.19. The summed E-state index contributed by atoms with van der Waals surface area (Å²) in [5.41, 5.74) is 4.21. The molecule has 1 saturated heterocycles. The van der Waals surface area contributed by atoms with E-state index in [0.29, 0.717) is 12.1 Å². The Morgan fingerprint density at radius 3 is 2.61 bits per heavy atom. The largest absolute Gasteiger partial charge is 0.352 e. The molecule has 2 amide bonds. The van der Waals surface area contributed by atoms with Gasteiger partial charge in [-0.3, -0.25) is 19.5 Å². The number of nitrogens with zero attached hydrogens (tertiary/aromatic N) is 3. The Bertz CT molecular complexity index is 836. The Labute approximate surface area is 183 Å². The number of amides is 2. The van der Waals surface area contributed by atoms with Crippen molar-refractivity contribution in [2.24, 2.45) is 5.10 Å². The molecule has 164 valence electrons. The number of hydrogen-bond donors (Lipinski definition) is 2. The van der Waals surface area contributed by atoms with Crippen molar-refractivity contribution < 1.29 is 9.59 Å². The number of hydrogen-bond acceptors (Lipinski definition) is 5. The Morgan fingerprint density at radius 1 is 1.06 bits per heavy atom. The molecule has 31 heavy (non-hydrogen) atoms. The van der Waals surface area contributed by atoms with Crippen LogP contribution in [0.25, 0.3) is 0 Å². The van der Waals surface area contributed by atoms with E-state index >= 15 is 0 Å². The zero-order valence-corrected chi connectivity index (χ0v) is 17.9. The van der Waals surface area contributed by atoms with Gasteiger partial charge in [0.15, 0.2) is 0 Å². The number of carbonyl (C=O) groups excluding carboxylic acids is 2. The number of carbonyl (C=O) groups is 2. The fraction of sp³-hybridized carbons (Fsp3) is 0.417. The summed E-state index contributed by atoms with van der Waals surface area (Å²) >= 11 is 0. The molecule has 1 aromatic heterocycles. The van der Waals surface area contributed by atoms with Gasteiger partial charge in [0.05, 0.1) is 12.3 Å². The predicted octanol–water partition coefficient (Wildman–Crippen LogP) is 2.99. The summed E-state index contributed by atoms with van der Waals surface area (Å²) in [7, 11) is 0. The first-order valence-corrected chi connectivity index (χ1v) is 11.0. The van der Waals surface area contributed by atoms with E-state index in [1.165, 1.54) is 6.42 Å². The van der Waals surface area contributed by atoms with Gasteiger partial charge in [-0.15, -0.1) is 0 Å². The highest BCUT2D eigenvalue weighted by Crippen LogP contribution is 2.16. The molecule has 2 heterocycles. The summed E-state index contributed by atoms with van der Waals surface area (Å²) in [6, 6.07) is 12.7. The van der Waals surface area contributed by atoms with Crippen LogP contribution in [-0.2, 0) is 4.79 Å². The lowest BCUT2D eigenvalue weighted by molar-refractivity contribution is -0.127. The Balaban J connectivity index is 1.46. The van der Waals surface area contributed by atoms with Gasteiger partial charge in [-0.1, -0.05) is 30.7 Å². The highest BCUT2D eigenvalue weighted by atomic mass is 16.2. The number of piperidine rings is 1. The lowest BCUT2D eigenvalue weighted by Crippen LogP contribution is -2.47. The minimum Gasteiger partial charge on any atom is -0.352 e. The standard InChI is InChI=1S/C24H31N5O2/c30-23(21-11-3-1-4-12-21)26-15-6-5-13-22(29-16-7-2-8-17-29)24(31)28-27-19-20-10-9-14-25-18-20/h1,3-4,9-12,14,18-19,22H,2,5-8,13,15-17H2,(H,26,30)(H,28,31)/b27-19+/t22-/m1/s1. The molecule has 1 aromatic carbocycles. The van der Waals surface area contributed by atoms with Crippen LogP contribution in [0.3, 0.4) is 0 Å². The molecule has 7 nitrogen and oxygen atoms in total. The molecule has 0 aliphatic carbocycles. The smallest absolute Gasteiger partial charge is 0.257 e. The van der Waals surface area contributed by atoms with Crippen LogP contribution in [-0.4, -0.2) is 53.6 Å². The molecule has 1 fully saturated rings. The van der Waals surface area contributed by atoms with E-state index in [1.54, 1.807) is 30.7 Å². The average Bonchev–Trinajstić information content (AvgIpc) is 2.83. The molecule has 0 saturated carbocycles. The molecule has 1 aliphatic heterocycles. The molecule has 1 atom stereocenters. The lowest BCUT2D eigenvalue weighted by atomic mass is 10.0. The first-order chi connectivity index (χ1) is 15.2. The maximum Gasteiger partial charge on any atom is 0.257 e. The number of likely N-dealkylation sites (tertiary alicyclic amines) is 1. The van der Waals surface area contributed by atoms with Gasteiger partial charge in [0.2, 0.25) is 0 Å². The van der Waals surface area contributed by atoms with Crippen LogP contribution in [0.15, 0.2) is 60.0 Å². The molecule has 1 aliphatic rings. The van der Waals surface area contributed by atoms with E-state index in [0.717, 1.165) is 50.8 Å². The third kappa shape index (κ3) is 7.61. The highest BCUT2D eigenvalue weighted by molar-refractivity contribution is 5.94. The van der Waals surface area contributed by atoms with E-state index in [-0.39, 0.29) is 17.9 Å². The highest BCUT2D eigenvalue weighted by Gasteiger charge is 2.26. The van der Waals surface area contributed by atoms with Crippen LogP contribution in [0.5, 0.6) is 0 Å². The molecule has 7 heteroatoms. The fourth-order valence-corrected chi connectivity index (χ4v) is 3.76. The third-order valence-electron chi connectivity index (χ3n) is 5.43. The second kappa shape index (κ2) is 12.6. The summed E-state index contributed by atoms with van der Waals surface area (Å²) in [5.74, 6) is -0.133. The van der Waals surface area contributed by atoms with Gasteiger partial charge in [-0.05, 0) is 63.4 Å². The van der Waals surface area contributed by atoms with Crippen LogP contribution >= 0.6 is 0 Å². The van der Waals surface area contributed by atoms with Gasteiger partial charge in [0, 0.05) is 30.1 Å². The quantitative estimate of drug-likeness (QED) is 0.351. The molecule has 0 unspecified atom stereocenters. The normalized spacial score (nSPS) is 15.5. The molecular formula is C24H31N5O2. The van der Waals surface area contributed by atoms with Crippen LogP contribution < -0.4 is 10.7 Å². The van der Waals surface area contributed by atoms with E-state index in [9.17, 15) is 9.59 Å². The third-order valence-corrected chi connectivity index (χ3v) is 5.43. The monoisotopic (exact) mass is 421 g/mol. The van der Waals surface area contributed by atoms with Crippen molar-refractivity contribution in [1.82, 2.24) is 20.6 Å². The number of nitrogens with one attached hydrogen (secondary N) is 2. The van der Waals surface area contributed by atoms with Gasteiger partial charge >= 0.3 is 0 Å². The van der Waals surface area contributed by atoms with Crippen LogP contribution in [0.2, 0.25) is 0 Å². The molecule has 2 N–H and O–H groups in total. The predicted molar refractivity (Wildman–Crippen MR) is 122 cm³/mol. The molecule has 3 rings (SSSR count). The van der Waals surface area contributed by atoms with Crippen LogP contribution in [0.1, 0.15) is 54.4 Å². The SMILES string of the molecule is O=C(NCCCC[C@H](C(=O)N/N=C/c1cccnc1)N1CCCCC1)c1ccccc1. The summed E-state index contributed by atoms with van der Waals surface area (Å²) in [6.07, 6.45) is 10.9. The molecule has 0 radical (unpaired) electrons. The summed E-state index contributed by atoms with van der Waals surface area (Å²) < 4.78 is 0. The number of unbranched alkanes of at least 4 members (excludes halogenated alkanes) is 1. The molecular weight excluding hydrogens is 390 g/mol. The summed E-state index contributed by atoms with van der Waals surface area (Å²) in [4.78, 5) is 31.3. The zero-order valence-electron chi connectivity index (χ0n) is 17.9. The van der Waals surface area contributed by atoms with Crippen LogP contribution in [0, 0.1) is 0 Å². The molecule has 0 spiro atoms. The summed E-state index contributed by atoms with van der Waals surface area (Å²) in [5, 5.41) is 7.06. The molecule has 0 bridgehead atoms. The lowest BCUT2D eigenvalue weighted by Gasteiger charge is -2.33. The van der Waals surface area contributed by atoms with Crippen LogP contribution in [0.4, 0.5) is 0 Å². The van der Waals surface area contributed by atoms with E-state index in [1.807, 2.05) is 30.3 Å². The van der Waals surface area contributed by atoms with E-state index in [4.69, 9.17) is 0 Å². The van der Waals surface area contributed by atoms with Gasteiger partial charge in [-0.2, -0.15) is 5.10 Å². The minimum absolute atomic E-state index is 0.0596. The van der Waals surface area contributed by atoms with Crippen molar-refractivity contribution in [3.63, 3.8) is 0 Å². The van der Waals surface area contributed by atoms with Crippen molar-refractivity contribution in [1.29, 1.82) is 0 Å². The first kappa shape index (κ1) is 22.6. The number of aromatic nitrogens is 1. The zero-order chi connectivity index (χ0) is 21.7. The average molecular weight is 422 g/mol. The second-order valence-corrected chi connectivity index (χ2v) is 7.75. The Hall–Kier alpha value is -3.06. The number of pyridine rings is 1. The van der Waals surface area contributed by atoms with Gasteiger partial charge in [0.1, 0.15) is 0 Å². The maximum absolute atomic E-state index is 12.8. The van der Waals surface area contributed by atoms with Crippen molar-refractivity contribution in [3.05, 3.63) is 66.0 Å². The van der Waals surface area contributed by atoms with Gasteiger partial charge in [-0.25, -0.2) is 5.43 Å². The van der Waals surface area contributed by atoms with Crippen molar-refractivity contribution in [2.75, 3.05) is 19.6 Å². The first-order valence-electron chi connectivity index (χ1n) is 11.0. The summed E-state index contributed by atoms with van der Waals surface area (Å²) in [6.45, 7) is 2.48. The van der Waals surface area contributed by atoms with E-state index in [2.05, 4.69) is 25.7 Å².